The van der Waals surface area contributed by atoms with Crippen molar-refractivity contribution >= 4 is 11.7 Å². The van der Waals surface area contributed by atoms with Gasteiger partial charge < -0.3 is 14.8 Å². The highest BCUT2D eigenvalue weighted by molar-refractivity contribution is 5.93. The summed E-state index contributed by atoms with van der Waals surface area (Å²) in [5.41, 5.74) is 0.733. The Kier molecular flexibility index (Phi) is 4.60. The molecular formula is C17H23N5O. The highest BCUT2D eigenvalue weighted by atomic mass is 16.2. The highest BCUT2D eigenvalue weighted by Gasteiger charge is 2.23. The maximum Gasteiger partial charge on any atom is 0.268 e. The van der Waals surface area contributed by atoms with Crippen LogP contribution in [0.15, 0.2) is 36.9 Å². The van der Waals surface area contributed by atoms with E-state index in [4.69, 9.17) is 0 Å². The second kappa shape index (κ2) is 6.81. The van der Waals surface area contributed by atoms with E-state index in [0.29, 0.717) is 0 Å². The van der Waals surface area contributed by atoms with Gasteiger partial charge >= 0.3 is 0 Å². The van der Waals surface area contributed by atoms with Crippen LogP contribution in [-0.4, -0.2) is 39.6 Å². The van der Waals surface area contributed by atoms with Crippen LogP contribution in [0.2, 0.25) is 0 Å². The minimum absolute atomic E-state index is 0.0154. The van der Waals surface area contributed by atoms with Crippen LogP contribution in [-0.2, 0) is 0 Å². The van der Waals surface area contributed by atoms with Crippen molar-refractivity contribution < 1.29 is 4.79 Å². The first-order valence-corrected chi connectivity index (χ1v) is 8.14. The molecule has 2 aromatic heterocycles. The molecule has 0 saturated carbocycles. The molecule has 1 amide bonds. The maximum atomic E-state index is 12.5. The van der Waals surface area contributed by atoms with E-state index >= 15 is 0 Å². The fourth-order valence-electron chi connectivity index (χ4n) is 3.00. The molecule has 1 N–H and O–H groups in total. The van der Waals surface area contributed by atoms with Crippen molar-refractivity contribution in [1.29, 1.82) is 0 Å². The van der Waals surface area contributed by atoms with Gasteiger partial charge in [-0.1, -0.05) is 0 Å². The summed E-state index contributed by atoms with van der Waals surface area (Å²) in [4.78, 5) is 23.1. The molecule has 0 bridgehead atoms. The molecule has 6 heteroatoms. The number of carbonyl (C=O) groups excluding carboxylic acids is 1. The third kappa shape index (κ3) is 3.52. The third-order valence-electron chi connectivity index (χ3n) is 4.27. The Hall–Kier alpha value is -2.37. The molecule has 2 aromatic rings. The number of hydrogen-bond acceptors (Lipinski definition) is 4. The minimum Gasteiger partial charge on any atom is -0.355 e. The quantitative estimate of drug-likeness (QED) is 0.940. The SMILES string of the molecule is CC(C)n1cccc1C(=O)NC1CCN(c2cnccn2)CC1. The Bertz CT molecular complexity index is 644. The molecule has 1 aliphatic rings. The second-order valence-electron chi connectivity index (χ2n) is 6.19. The van der Waals surface area contributed by atoms with Gasteiger partial charge in [0.15, 0.2) is 0 Å². The first-order chi connectivity index (χ1) is 11.1. The van der Waals surface area contributed by atoms with Gasteiger partial charge in [-0.25, -0.2) is 4.98 Å². The van der Waals surface area contributed by atoms with Crippen LogP contribution in [0, 0.1) is 0 Å². The Morgan fingerprint density at radius 2 is 2.09 bits per heavy atom. The molecule has 122 valence electrons. The Balaban J connectivity index is 1.56. The van der Waals surface area contributed by atoms with E-state index in [-0.39, 0.29) is 18.0 Å². The average Bonchev–Trinajstić information content (AvgIpc) is 3.06. The highest BCUT2D eigenvalue weighted by Crippen LogP contribution is 2.17. The minimum atomic E-state index is 0.0154. The summed E-state index contributed by atoms with van der Waals surface area (Å²) in [6.07, 6.45) is 8.98. The molecule has 0 radical (unpaired) electrons. The summed E-state index contributed by atoms with van der Waals surface area (Å²) in [6.45, 7) is 5.93. The fraction of sp³-hybridized carbons (Fsp3) is 0.471. The van der Waals surface area contributed by atoms with E-state index in [1.54, 1.807) is 18.6 Å². The van der Waals surface area contributed by atoms with Gasteiger partial charge in [0.1, 0.15) is 11.5 Å². The van der Waals surface area contributed by atoms with Crippen LogP contribution in [0.25, 0.3) is 0 Å². The predicted molar refractivity (Wildman–Crippen MR) is 89.6 cm³/mol. The summed E-state index contributed by atoms with van der Waals surface area (Å²) in [5.74, 6) is 0.924. The summed E-state index contributed by atoms with van der Waals surface area (Å²) in [7, 11) is 0. The number of hydrogen-bond donors (Lipinski definition) is 1. The summed E-state index contributed by atoms with van der Waals surface area (Å²) in [5, 5.41) is 3.17. The van der Waals surface area contributed by atoms with Gasteiger partial charge in [-0.05, 0) is 38.8 Å². The molecule has 0 atom stereocenters. The zero-order chi connectivity index (χ0) is 16.2. The van der Waals surface area contributed by atoms with Crippen molar-refractivity contribution in [3.8, 4) is 0 Å². The van der Waals surface area contributed by atoms with Crippen LogP contribution < -0.4 is 10.2 Å². The fourth-order valence-corrected chi connectivity index (χ4v) is 3.00. The maximum absolute atomic E-state index is 12.5. The van der Waals surface area contributed by atoms with E-state index in [0.717, 1.165) is 37.4 Å². The lowest BCUT2D eigenvalue weighted by Crippen LogP contribution is -2.45. The number of nitrogens with zero attached hydrogens (tertiary/aromatic N) is 4. The first kappa shape index (κ1) is 15.5. The van der Waals surface area contributed by atoms with Crippen LogP contribution in [0.3, 0.4) is 0 Å². The number of rotatable bonds is 4. The molecule has 0 spiro atoms. The van der Waals surface area contributed by atoms with Crippen molar-refractivity contribution in [2.24, 2.45) is 0 Å². The Morgan fingerprint density at radius 1 is 1.30 bits per heavy atom. The van der Waals surface area contributed by atoms with Gasteiger partial charge in [0.25, 0.3) is 5.91 Å². The predicted octanol–water partition coefficient (Wildman–Crippen LogP) is 2.26. The van der Waals surface area contributed by atoms with Crippen LogP contribution in [0.5, 0.6) is 0 Å². The lowest BCUT2D eigenvalue weighted by atomic mass is 10.0. The van der Waals surface area contributed by atoms with Crippen LogP contribution in [0.4, 0.5) is 5.82 Å². The number of nitrogens with one attached hydrogen (secondary N) is 1. The monoisotopic (exact) mass is 313 g/mol. The average molecular weight is 313 g/mol. The molecule has 0 aliphatic carbocycles. The molecule has 1 fully saturated rings. The van der Waals surface area contributed by atoms with Gasteiger partial charge in [0, 0.05) is 43.8 Å². The largest absolute Gasteiger partial charge is 0.355 e. The van der Waals surface area contributed by atoms with Crippen LogP contribution >= 0.6 is 0 Å². The van der Waals surface area contributed by atoms with Crippen molar-refractivity contribution in [3.05, 3.63) is 42.6 Å². The number of aromatic nitrogens is 3. The standard InChI is InChI=1S/C17H23N5O/c1-13(2)22-9-3-4-15(22)17(23)20-14-5-10-21(11-6-14)16-12-18-7-8-19-16/h3-4,7-9,12-14H,5-6,10-11H2,1-2H3,(H,20,23). The Labute approximate surface area is 136 Å². The van der Waals surface area contributed by atoms with Crippen molar-refractivity contribution in [2.45, 2.75) is 38.8 Å². The lowest BCUT2D eigenvalue weighted by molar-refractivity contribution is 0.0920. The summed E-state index contributed by atoms with van der Waals surface area (Å²) in [6, 6.07) is 4.30. The van der Waals surface area contributed by atoms with Gasteiger partial charge in [-0.2, -0.15) is 0 Å². The van der Waals surface area contributed by atoms with E-state index < -0.39 is 0 Å². The van der Waals surface area contributed by atoms with E-state index in [1.165, 1.54) is 0 Å². The molecule has 0 aromatic carbocycles. The third-order valence-corrected chi connectivity index (χ3v) is 4.27. The molecular weight excluding hydrogens is 290 g/mol. The molecule has 1 saturated heterocycles. The second-order valence-corrected chi connectivity index (χ2v) is 6.19. The zero-order valence-electron chi connectivity index (χ0n) is 13.6. The van der Waals surface area contributed by atoms with E-state index in [9.17, 15) is 4.79 Å². The normalized spacial score (nSPS) is 15.9. The molecule has 3 rings (SSSR count). The number of amides is 1. The molecule has 0 unspecified atom stereocenters. The van der Waals surface area contributed by atoms with E-state index in [2.05, 4.69) is 34.0 Å². The van der Waals surface area contributed by atoms with Gasteiger partial charge in [-0.3, -0.25) is 9.78 Å². The van der Waals surface area contributed by atoms with Gasteiger partial charge in [-0.15, -0.1) is 0 Å². The molecule has 6 nitrogen and oxygen atoms in total. The molecule has 1 aliphatic heterocycles. The Morgan fingerprint density at radius 3 is 2.74 bits per heavy atom. The first-order valence-electron chi connectivity index (χ1n) is 8.14. The van der Waals surface area contributed by atoms with Crippen molar-refractivity contribution in [2.75, 3.05) is 18.0 Å². The smallest absolute Gasteiger partial charge is 0.268 e. The van der Waals surface area contributed by atoms with Gasteiger partial charge in [0.05, 0.1) is 6.20 Å². The van der Waals surface area contributed by atoms with E-state index in [1.807, 2.05) is 22.9 Å². The van der Waals surface area contributed by atoms with Crippen molar-refractivity contribution in [1.82, 2.24) is 19.9 Å². The summed E-state index contributed by atoms with van der Waals surface area (Å²) < 4.78 is 2.00. The summed E-state index contributed by atoms with van der Waals surface area (Å²) >= 11 is 0. The zero-order valence-corrected chi connectivity index (χ0v) is 13.6. The van der Waals surface area contributed by atoms with Gasteiger partial charge in [0.2, 0.25) is 0 Å². The number of carbonyl (C=O) groups is 1. The number of piperidine rings is 1. The molecule has 23 heavy (non-hydrogen) atoms. The van der Waals surface area contributed by atoms with Crippen molar-refractivity contribution in [3.63, 3.8) is 0 Å². The molecule has 3 heterocycles. The lowest BCUT2D eigenvalue weighted by Gasteiger charge is -2.33. The van der Waals surface area contributed by atoms with Crippen LogP contribution in [0.1, 0.15) is 43.2 Å². The number of anilines is 1. The topological polar surface area (TPSA) is 63.1 Å².